The molecule has 0 aliphatic carbocycles. The smallest absolute Gasteiger partial charge is 0.127 e. The molecule has 0 saturated carbocycles. The van der Waals surface area contributed by atoms with Gasteiger partial charge >= 0.3 is 59.1 Å². The van der Waals surface area contributed by atoms with E-state index in [1.165, 1.54) is 0 Å². The molecule has 0 aliphatic heterocycles. The molecular formula is C12H12Na2O. The number of ether oxygens (including phenoxy) is 1. The zero-order chi connectivity index (χ0) is 8.93. The van der Waals surface area contributed by atoms with Crippen molar-refractivity contribution in [3.63, 3.8) is 0 Å². The first-order valence-electron chi connectivity index (χ1n) is 4.23. The molecule has 2 aromatic rings. The fourth-order valence-electron chi connectivity index (χ4n) is 1.11. The number of benzene rings is 2. The van der Waals surface area contributed by atoms with Crippen molar-refractivity contribution in [2.75, 3.05) is 0 Å². The van der Waals surface area contributed by atoms with Crippen LogP contribution in [0, 0.1) is 0 Å². The molecule has 0 fully saturated rings. The van der Waals surface area contributed by atoms with Crippen LogP contribution >= 0.6 is 0 Å². The van der Waals surface area contributed by atoms with Gasteiger partial charge in [-0.05, 0) is 24.3 Å². The minimum Gasteiger partial charge on any atom is -0.457 e. The Morgan fingerprint density at radius 2 is 0.867 bits per heavy atom. The molecule has 15 heavy (non-hydrogen) atoms. The molecule has 0 heterocycles. The Bertz CT molecular complexity index is 324. The first-order valence-corrected chi connectivity index (χ1v) is 4.23. The van der Waals surface area contributed by atoms with Gasteiger partial charge in [0.15, 0.2) is 0 Å². The molecule has 0 saturated heterocycles. The van der Waals surface area contributed by atoms with E-state index in [0.29, 0.717) is 0 Å². The van der Waals surface area contributed by atoms with E-state index in [2.05, 4.69) is 0 Å². The van der Waals surface area contributed by atoms with E-state index in [1.54, 1.807) is 0 Å². The first-order chi connectivity index (χ1) is 6.45. The topological polar surface area (TPSA) is 9.23 Å². The molecule has 0 aromatic heterocycles. The van der Waals surface area contributed by atoms with Crippen molar-refractivity contribution in [1.82, 2.24) is 0 Å². The Hall–Kier alpha value is 0.240. The van der Waals surface area contributed by atoms with Crippen molar-refractivity contribution in [1.29, 1.82) is 0 Å². The third-order valence-electron chi connectivity index (χ3n) is 1.72. The molecule has 2 rings (SSSR count). The summed E-state index contributed by atoms with van der Waals surface area (Å²) in [7, 11) is 0. The molecule has 0 bridgehead atoms. The Balaban J connectivity index is 0.000000980. The van der Waals surface area contributed by atoms with Crippen LogP contribution in [0.25, 0.3) is 0 Å². The normalized spacial score (nSPS) is 8.27. The summed E-state index contributed by atoms with van der Waals surface area (Å²) in [6.45, 7) is 0. The van der Waals surface area contributed by atoms with Crippen LogP contribution in [0.1, 0.15) is 0 Å². The number of rotatable bonds is 2. The molecule has 3 heteroatoms. The zero-order valence-electron chi connectivity index (χ0n) is 7.18. The van der Waals surface area contributed by atoms with Gasteiger partial charge in [-0.2, -0.15) is 0 Å². The number of hydrogen-bond acceptors (Lipinski definition) is 1. The molecule has 0 unspecified atom stereocenters. The van der Waals surface area contributed by atoms with Crippen LogP contribution in [0.2, 0.25) is 0 Å². The average molecular weight is 218 g/mol. The van der Waals surface area contributed by atoms with Gasteiger partial charge in [-0.1, -0.05) is 36.4 Å². The Kier molecular flexibility index (Phi) is 8.53. The summed E-state index contributed by atoms with van der Waals surface area (Å²) in [5, 5.41) is 0. The SMILES string of the molecule is [NaH].[NaH].c1ccc(Oc2ccccc2)cc1. The van der Waals surface area contributed by atoms with Gasteiger partial charge in [0.1, 0.15) is 11.5 Å². The predicted octanol–water partition coefficient (Wildman–Crippen LogP) is 2.18. The van der Waals surface area contributed by atoms with Crippen molar-refractivity contribution in [3.8, 4) is 11.5 Å². The van der Waals surface area contributed by atoms with Gasteiger partial charge in [0.05, 0.1) is 0 Å². The minimum atomic E-state index is 0. The van der Waals surface area contributed by atoms with E-state index >= 15 is 0 Å². The molecule has 1 nitrogen and oxygen atoms in total. The first kappa shape index (κ1) is 15.2. The van der Waals surface area contributed by atoms with Gasteiger partial charge < -0.3 is 4.74 Å². The minimum absolute atomic E-state index is 0. The standard InChI is InChI=1S/C12H10O.2Na.2H/c1-3-7-11(8-4-1)13-12-9-5-2-6-10-12;;;;/h1-10H;;;;. The van der Waals surface area contributed by atoms with Crippen LogP contribution in [-0.2, 0) is 0 Å². The fourth-order valence-corrected chi connectivity index (χ4v) is 1.11. The van der Waals surface area contributed by atoms with Gasteiger partial charge in [-0.25, -0.2) is 0 Å². The van der Waals surface area contributed by atoms with Crippen molar-refractivity contribution < 1.29 is 4.74 Å². The summed E-state index contributed by atoms with van der Waals surface area (Å²) >= 11 is 0. The van der Waals surface area contributed by atoms with Crippen LogP contribution < -0.4 is 4.74 Å². The predicted molar refractivity (Wildman–Crippen MR) is 67.3 cm³/mol. The van der Waals surface area contributed by atoms with Gasteiger partial charge in [0.25, 0.3) is 0 Å². The molecule has 2 aromatic carbocycles. The van der Waals surface area contributed by atoms with E-state index in [0.717, 1.165) is 11.5 Å². The Morgan fingerprint density at radius 3 is 1.20 bits per heavy atom. The van der Waals surface area contributed by atoms with Gasteiger partial charge in [0.2, 0.25) is 0 Å². The van der Waals surface area contributed by atoms with Crippen molar-refractivity contribution in [2.45, 2.75) is 0 Å². The average Bonchev–Trinajstić information content (AvgIpc) is 2.21. The van der Waals surface area contributed by atoms with E-state index in [9.17, 15) is 0 Å². The van der Waals surface area contributed by atoms with Crippen LogP contribution in [0.5, 0.6) is 11.5 Å². The van der Waals surface area contributed by atoms with Gasteiger partial charge in [-0.15, -0.1) is 0 Å². The summed E-state index contributed by atoms with van der Waals surface area (Å²) < 4.78 is 5.58. The summed E-state index contributed by atoms with van der Waals surface area (Å²) in [6, 6.07) is 19.5. The van der Waals surface area contributed by atoms with Crippen molar-refractivity contribution in [2.24, 2.45) is 0 Å². The Morgan fingerprint density at radius 1 is 0.533 bits per heavy atom. The summed E-state index contributed by atoms with van der Waals surface area (Å²) in [5.41, 5.74) is 0. The maximum Gasteiger partial charge on any atom is 0.127 e. The maximum absolute atomic E-state index is 5.58. The zero-order valence-corrected chi connectivity index (χ0v) is 7.18. The molecule has 0 amide bonds. The maximum atomic E-state index is 5.58. The quantitative estimate of drug-likeness (QED) is 0.702. The van der Waals surface area contributed by atoms with E-state index < -0.39 is 0 Å². The Labute approximate surface area is 134 Å². The fraction of sp³-hybridized carbons (Fsp3) is 0. The number of hydrogen-bond donors (Lipinski definition) is 0. The molecule has 0 atom stereocenters. The molecule has 0 spiro atoms. The molecule has 0 aliphatic rings. The second-order valence-electron chi connectivity index (χ2n) is 2.73. The molecular weight excluding hydrogens is 206 g/mol. The van der Waals surface area contributed by atoms with E-state index in [-0.39, 0.29) is 59.1 Å². The largest absolute Gasteiger partial charge is 0.457 e. The molecule has 0 N–H and O–H groups in total. The summed E-state index contributed by atoms with van der Waals surface area (Å²) in [5.74, 6) is 1.74. The summed E-state index contributed by atoms with van der Waals surface area (Å²) in [6.07, 6.45) is 0. The molecule has 0 radical (unpaired) electrons. The third-order valence-corrected chi connectivity index (χ3v) is 1.72. The van der Waals surface area contributed by atoms with Crippen LogP contribution in [-0.4, -0.2) is 59.1 Å². The summed E-state index contributed by atoms with van der Waals surface area (Å²) in [4.78, 5) is 0. The van der Waals surface area contributed by atoms with Crippen molar-refractivity contribution in [3.05, 3.63) is 60.7 Å². The van der Waals surface area contributed by atoms with E-state index in [4.69, 9.17) is 4.74 Å². The second-order valence-corrected chi connectivity index (χ2v) is 2.73. The van der Waals surface area contributed by atoms with Crippen LogP contribution in [0.3, 0.4) is 0 Å². The number of para-hydroxylation sites is 2. The monoisotopic (exact) mass is 218 g/mol. The second kappa shape index (κ2) is 8.40. The van der Waals surface area contributed by atoms with Gasteiger partial charge in [0, 0.05) is 0 Å². The van der Waals surface area contributed by atoms with Gasteiger partial charge in [-0.3, -0.25) is 0 Å². The van der Waals surface area contributed by atoms with Crippen molar-refractivity contribution >= 4 is 59.1 Å². The van der Waals surface area contributed by atoms with Crippen LogP contribution in [0.15, 0.2) is 60.7 Å². The molecule has 68 valence electrons. The third kappa shape index (κ3) is 5.21. The van der Waals surface area contributed by atoms with E-state index in [1.807, 2.05) is 60.7 Å². The van der Waals surface area contributed by atoms with Crippen LogP contribution in [0.4, 0.5) is 0 Å².